The predicted octanol–water partition coefficient (Wildman–Crippen LogP) is 2.82. The highest BCUT2D eigenvalue weighted by Crippen LogP contribution is 2.29. The van der Waals surface area contributed by atoms with Gasteiger partial charge in [-0.1, -0.05) is 23.4 Å². The highest BCUT2D eigenvalue weighted by atomic mass is 35.5. The summed E-state index contributed by atoms with van der Waals surface area (Å²) in [5.74, 6) is 5.57. The van der Waals surface area contributed by atoms with Gasteiger partial charge in [-0.15, -0.1) is 10.2 Å². The molecule has 32 heavy (non-hydrogen) atoms. The Bertz CT molecular complexity index is 1250. The molecule has 0 aliphatic rings. The Kier molecular flexibility index (Phi) is 7.08. The van der Waals surface area contributed by atoms with Gasteiger partial charge in [0.1, 0.15) is 10.7 Å². The van der Waals surface area contributed by atoms with E-state index in [0.29, 0.717) is 11.4 Å². The van der Waals surface area contributed by atoms with Crippen LogP contribution in [0, 0.1) is 5.82 Å². The van der Waals surface area contributed by atoms with E-state index >= 15 is 0 Å². The molecule has 0 aliphatic carbocycles. The van der Waals surface area contributed by atoms with E-state index in [2.05, 4.69) is 15.5 Å². The number of amides is 1. The minimum Gasteiger partial charge on any atom is -0.335 e. The predicted molar refractivity (Wildman–Crippen MR) is 122 cm³/mol. The number of thioether (sulfide) groups is 1. The molecular formula is C19H20ClFN6O3S2. The molecule has 0 fully saturated rings. The standard InChI is InChI=1S/C19H20ClFN6O3S2/c1-11(31-19-25-24-17(27(19)22)12-4-6-13(21)7-5-12)18(28)23-14-8-9-15(20)16(10-14)32(29,30)26(2)3/h4-11H,22H2,1-3H3,(H,23,28). The van der Waals surface area contributed by atoms with Crippen LogP contribution in [0.2, 0.25) is 5.02 Å². The third-order valence-corrected chi connectivity index (χ3v) is 7.73. The summed E-state index contributed by atoms with van der Waals surface area (Å²) in [6, 6.07) is 9.81. The Morgan fingerprint density at radius 1 is 1.22 bits per heavy atom. The molecule has 170 valence electrons. The number of hydrogen-bond donors (Lipinski definition) is 2. The van der Waals surface area contributed by atoms with Crippen molar-refractivity contribution in [2.45, 2.75) is 22.2 Å². The van der Waals surface area contributed by atoms with Crippen molar-refractivity contribution in [2.75, 3.05) is 25.3 Å². The number of carbonyl (C=O) groups is 1. The lowest BCUT2D eigenvalue weighted by molar-refractivity contribution is -0.115. The van der Waals surface area contributed by atoms with Crippen molar-refractivity contribution in [3.05, 3.63) is 53.3 Å². The molecule has 3 rings (SSSR count). The van der Waals surface area contributed by atoms with Gasteiger partial charge in [0.05, 0.1) is 10.3 Å². The van der Waals surface area contributed by atoms with Crippen molar-refractivity contribution in [2.24, 2.45) is 0 Å². The number of nitrogen functional groups attached to an aromatic ring is 1. The third kappa shape index (κ3) is 5.04. The Morgan fingerprint density at radius 3 is 2.50 bits per heavy atom. The minimum atomic E-state index is -3.78. The summed E-state index contributed by atoms with van der Waals surface area (Å²) >= 11 is 7.09. The zero-order valence-corrected chi connectivity index (χ0v) is 19.7. The molecule has 0 saturated heterocycles. The molecule has 3 N–H and O–H groups in total. The zero-order chi connectivity index (χ0) is 23.6. The van der Waals surface area contributed by atoms with Crippen LogP contribution in [0.25, 0.3) is 11.4 Å². The van der Waals surface area contributed by atoms with Gasteiger partial charge in [-0.05, 0) is 49.4 Å². The minimum absolute atomic E-state index is 0.0451. The second-order valence-electron chi connectivity index (χ2n) is 6.87. The number of nitrogens with one attached hydrogen (secondary N) is 1. The van der Waals surface area contributed by atoms with Gasteiger partial charge in [-0.2, -0.15) is 0 Å². The lowest BCUT2D eigenvalue weighted by Gasteiger charge is -2.15. The van der Waals surface area contributed by atoms with Crippen molar-refractivity contribution in [1.29, 1.82) is 0 Å². The number of sulfonamides is 1. The van der Waals surface area contributed by atoms with Gasteiger partial charge in [0.25, 0.3) is 0 Å². The molecule has 0 aliphatic heterocycles. The van der Waals surface area contributed by atoms with Crippen LogP contribution in [0.4, 0.5) is 10.1 Å². The monoisotopic (exact) mass is 498 g/mol. The summed E-state index contributed by atoms with van der Waals surface area (Å²) in [4.78, 5) is 12.5. The summed E-state index contributed by atoms with van der Waals surface area (Å²) in [5.41, 5.74) is 0.842. The Morgan fingerprint density at radius 2 is 1.88 bits per heavy atom. The number of hydrogen-bond acceptors (Lipinski definition) is 7. The summed E-state index contributed by atoms with van der Waals surface area (Å²) in [7, 11) is -1.01. The molecule has 13 heteroatoms. The van der Waals surface area contributed by atoms with Crippen molar-refractivity contribution in [3.8, 4) is 11.4 Å². The van der Waals surface area contributed by atoms with E-state index in [0.717, 1.165) is 16.1 Å². The zero-order valence-electron chi connectivity index (χ0n) is 17.3. The molecular weight excluding hydrogens is 479 g/mol. The van der Waals surface area contributed by atoms with Gasteiger partial charge < -0.3 is 11.2 Å². The average Bonchev–Trinajstić information content (AvgIpc) is 3.09. The first kappa shape index (κ1) is 24.0. The van der Waals surface area contributed by atoms with Crippen LogP contribution in [0.3, 0.4) is 0 Å². The number of carbonyl (C=O) groups excluding carboxylic acids is 1. The van der Waals surface area contributed by atoms with Gasteiger partial charge >= 0.3 is 0 Å². The normalized spacial score (nSPS) is 12.7. The van der Waals surface area contributed by atoms with Gasteiger partial charge in [-0.25, -0.2) is 21.8 Å². The SMILES string of the molecule is CC(Sc1nnc(-c2ccc(F)cc2)n1N)C(=O)Nc1ccc(Cl)c(S(=O)(=O)N(C)C)c1. The maximum absolute atomic E-state index is 13.1. The molecule has 3 aromatic rings. The van der Waals surface area contributed by atoms with Crippen molar-refractivity contribution >= 4 is 45.0 Å². The summed E-state index contributed by atoms with van der Waals surface area (Å²) in [6.45, 7) is 1.64. The number of anilines is 1. The number of halogens is 2. The highest BCUT2D eigenvalue weighted by Gasteiger charge is 2.23. The molecule has 1 heterocycles. The van der Waals surface area contributed by atoms with E-state index in [9.17, 15) is 17.6 Å². The molecule has 0 radical (unpaired) electrons. The first-order valence-electron chi connectivity index (χ1n) is 9.16. The first-order valence-corrected chi connectivity index (χ1v) is 11.9. The third-order valence-electron chi connectivity index (χ3n) is 4.38. The van der Waals surface area contributed by atoms with E-state index in [1.807, 2.05) is 0 Å². The van der Waals surface area contributed by atoms with Crippen LogP contribution >= 0.6 is 23.4 Å². The van der Waals surface area contributed by atoms with E-state index in [1.54, 1.807) is 6.92 Å². The number of nitrogens with zero attached hydrogens (tertiary/aromatic N) is 4. The molecule has 1 aromatic heterocycles. The van der Waals surface area contributed by atoms with E-state index in [4.69, 9.17) is 17.4 Å². The fourth-order valence-electron chi connectivity index (χ4n) is 2.58. The first-order chi connectivity index (χ1) is 15.0. The molecule has 1 unspecified atom stereocenters. The molecule has 0 spiro atoms. The highest BCUT2D eigenvalue weighted by molar-refractivity contribution is 8.00. The fraction of sp³-hybridized carbons (Fsp3) is 0.211. The van der Waals surface area contributed by atoms with Crippen LogP contribution in [0.15, 0.2) is 52.5 Å². The van der Waals surface area contributed by atoms with Crippen LogP contribution < -0.4 is 11.2 Å². The maximum Gasteiger partial charge on any atom is 0.244 e. The second-order valence-corrected chi connectivity index (χ2v) is 10.7. The number of benzene rings is 2. The lowest BCUT2D eigenvalue weighted by Crippen LogP contribution is -2.25. The van der Waals surface area contributed by atoms with Gasteiger partial charge in [-0.3, -0.25) is 4.79 Å². The average molecular weight is 499 g/mol. The maximum atomic E-state index is 13.1. The summed E-state index contributed by atoms with van der Waals surface area (Å²) < 4.78 is 40.2. The fourth-order valence-corrected chi connectivity index (χ4v) is 4.75. The Labute approximate surface area is 193 Å². The number of aromatic nitrogens is 3. The second kappa shape index (κ2) is 9.45. The van der Waals surface area contributed by atoms with Gasteiger partial charge in [0.15, 0.2) is 5.82 Å². The molecule has 1 amide bonds. The van der Waals surface area contributed by atoms with Crippen LogP contribution in [0.5, 0.6) is 0 Å². The Hall–Kier alpha value is -2.67. The molecule has 9 nitrogen and oxygen atoms in total. The molecule has 1 atom stereocenters. The quantitative estimate of drug-likeness (QED) is 0.379. The van der Waals surface area contributed by atoms with Crippen LogP contribution in [0.1, 0.15) is 6.92 Å². The molecule has 2 aromatic carbocycles. The molecule has 0 saturated carbocycles. The topological polar surface area (TPSA) is 123 Å². The van der Waals surface area contributed by atoms with E-state index in [-0.39, 0.29) is 26.6 Å². The lowest BCUT2D eigenvalue weighted by atomic mass is 10.2. The van der Waals surface area contributed by atoms with Crippen molar-refractivity contribution < 1.29 is 17.6 Å². The number of nitrogens with two attached hydrogens (primary N) is 1. The van der Waals surface area contributed by atoms with E-state index in [1.165, 1.54) is 61.2 Å². The van der Waals surface area contributed by atoms with Crippen molar-refractivity contribution in [3.63, 3.8) is 0 Å². The van der Waals surface area contributed by atoms with Crippen molar-refractivity contribution in [1.82, 2.24) is 19.2 Å². The van der Waals surface area contributed by atoms with Crippen LogP contribution in [-0.2, 0) is 14.8 Å². The summed E-state index contributed by atoms with van der Waals surface area (Å²) in [6.07, 6.45) is 0. The van der Waals surface area contributed by atoms with Crippen LogP contribution in [-0.4, -0.2) is 52.8 Å². The van der Waals surface area contributed by atoms with Gasteiger partial charge in [0.2, 0.25) is 21.1 Å². The molecule has 0 bridgehead atoms. The van der Waals surface area contributed by atoms with E-state index < -0.39 is 21.2 Å². The largest absolute Gasteiger partial charge is 0.335 e. The smallest absolute Gasteiger partial charge is 0.244 e. The number of rotatable bonds is 7. The Balaban J connectivity index is 1.74. The summed E-state index contributed by atoms with van der Waals surface area (Å²) in [5, 5.41) is 10.3. The van der Waals surface area contributed by atoms with Gasteiger partial charge in [0, 0.05) is 25.3 Å².